The maximum absolute atomic E-state index is 13.7. The Kier molecular flexibility index (Phi) is 6.91. The Morgan fingerprint density at radius 1 is 1.06 bits per heavy atom. The molecule has 0 aliphatic carbocycles. The highest BCUT2D eigenvalue weighted by atomic mass is 19.2. The second kappa shape index (κ2) is 9.61. The molecule has 7 heteroatoms. The first-order chi connectivity index (χ1) is 14.8. The highest BCUT2D eigenvalue weighted by Crippen LogP contribution is 2.18. The predicted octanol–water partition coefficient (Wildman–Crippen LogP) is 3.80. The number of carbonyl (C=O) groups is 1. The Morgan fingerprint density at radius 3 is 2.23 bits per heavy atom. The molecule has 0 N–H and O–H groups in total. The number of hydrogen-bond acceptors (Lipinski definition) is 3. The lowest BCUT2D eigenvalue weighted by Crippen LogP contribution is -2.26. The minimum absolute atomic E-state index is 0.147. The summed E-state index contributed by atoms with van der Waals surface area (Å²) in [5, 5.41) is 0. The zero-order valence-electron chi connectivity index (χ0n) is 18.1. The smallest absolute Gasteiger partial charge is 0.372 e. The number of carbonyl (C=O) groups excluding carboxylic acids is 1. The molecule has 4 nitrogen and oxygen atoms in total. The third-order valence-electron chi connectivity index (χ3n) is 5.25. The fraction of sp³-hybridized carbons (Fsp3) is 0.250. The number of anilines is 1. The van der Waals surface area contributed by atoms with Crippen molar-refractivity contribution in [2.24, 2.45) is 4.99 Å². The highest BCUT2D eigenvalue weighted by molar-refractivity contribution is 6.61. The lowest BCUT2D eigenvalue weighted by atomic mass is 9.80. The molecule has 0 aromatic heterocycles. The molecular formula is C24H24BF2N3O. The standard InChI is InChI=1S/C24H24BF2N3O/c1-5-30(6-2)21-13-10-18(11-14-21)7-8-19-9-12-20(22(15-19)25(26)27)16-23-24(31)29(4)17(3)28-23/h9-16H,5-6H2,1-4H3/b23-16-. The summed E-state index contributed by atoms with van der Waals surface area (Å²) in [5.41, 5.74) is 2.66. The van der Waals surface area contributed by atoms with Crippen LogP contribution in [-0.2, 0) is 4.79 Å². The molecule has 31 heavy (non-hydrogen) atoms. The van der Waals surface area contributed by atoms with Crippen LogP contribution in [0.15, 0.2) is 53.2 Å². The molecule has 0 fully saturated rings. The molecule has 1 aliphatic heterocycles. The van der Waals surface area contributed by atoms with Crippen LogP contribution < -0.4 is 10.4 Å². The number of rotatable bonds is 5. The van der Waals surface area contributed by atoms with Crippen molar-refractivity contribution in [3.63, 3.8) is 0 Å². The Morgan fingerprint density at radius 2 is 1.68 bits per heavy atom. The first-order valence-electron chi connectivity index (χ1n) is 10.2. The third kappa shape index (κ3) is 5.03. The largest absolute Gasteiger partial charge is 0.572 e. The fourth-order valence-electron chi connectivity index (χ4n) is 3.32. The van der Waals surface area contributed by atoms with E-state index >= 15 is 0 Å². The number of amides is 1. The van der Waals surface area contributed by atoms with Crippen molar-refractivity contribution in [1.29, 1.82) is 0 Å². The summed E-state index contributed by atoms with van der Waals surface area (Å²) < 4.78 is 27.3. The van der Waals surface area contributed by atoms with Crippen molar-refractivity contribution in [2.45, 2.75) is 20.8 Å². The highest BCUT2D eigenvalue weighted by Gasteiger charge is 2.26. The van der Waals surface area contributed by atoms with Gasteiger partial charge in [0.2, 0.25) is 0 Å². The number of nitrogens with zero attached hydrogens (tertiary/aromatic N) is 3. The van der Waals surface area contributed by atoms with Crippen LogP contribution in [0.2, 0.25) is 0 Å². The van der Waals surface area contributed by atoms with Crippen molar-refractivity contribution < 1.29 is 13.4 Å². The average Bonchev–Trinajstić information content (AvgIpc) is 3.01. The van der Waals surface area contributed by atoms with Gasteiger partial charge in [0.05, 0.1) is 0 Å². The Labute approximate surface area is 182 Å². The predicted molar refractivity (Wildman–Crippen MR) is 124 cm³/mol. The van der Waals surface area contributed by atoms with Gasteiger partial charge >= 0.3 is 7.27 Å². The zero-order chi connectivity index (χ0) is 22.5. The van der Waals surface area contributed by atoms with Gasteiger partial charge in [-0.25, -0.2) is 4.99 Å². The summed E-state index contributed by atoms with van der Waals surface area (Å²) in [7, 11) is -1.09. The summed E-state index contributed by atoms with van der Waals surface area (Å²) in [4.78, 5) is 19.9. The third-order valence-corrected chi connectivity index (χ3v) is 5.25. The SMILES string of the molecule is CCN(CC)c1ccc(C#Cc2ccc(/C=C3\N=C(C)N(C)C3=O)c(B(F)F)c2)cc1. The van der Waals surface area contributed by atoms with E-state index < -0.39 is 7.27 Å². The van der Waals surface area contributed by atoms with Crippen molar-refractivity contribution in [2.75, 3.05) is 25.0 Å². The minimum atomic E-state index is -2.69. The van der Waals surface area contributed by atoms with Gasteiger partial charge < -0.3 is 4.90 Å². The quantitative estimate of drug-likeness (QED) is 0.420. The molecule has 158 valence electrons. The molecule has 0 radical (unpaired) electrons. The van der Waals surface area contributed by atoms with E-state index in [0.29, 0.717) is 11.4 Å². The van der Waals surface area contributed by atoms with Crippen LogP contribution in [0.25, 0.3) is 6.08 Å². The molecule has 1 heterocycles. The molecule has 3 rings (SSSR count). The molecule has 0 spiro atoms. The monoisotopic (exact) mass is 419 g/mol. The summed E-state index contributed by atoms with van der Waals surface area (Å²) in [6, 6.07) is 12.5. The van der Waals surface area contributed by atoms with Crippen LogP contribution in [0.1, 0.15) is 37.5 Å². The molecule has 1 aliphatic rings. The second-order valence-corrected chi connectivity index (χ2v) is 7.17. The number of aliphatic imine (C=N–C) groups is 1. The molecular weight excluding hydrogens is 395 g/mol. The molecule has 0 atom stereocenters. The molecule has 1 amide bonds. The van der Waals surface area contributed by atoms with E-state index in [1.165, 1.54) is 17.0 Å². The van der Waals surface area contributed by atoms with Crippen LogP contribution in [0.4, 0.5) is 14.3 Å². The Balaban J connectivity index is 1.87. The number of amidine groups is 1. The van der Waals surface area contributed by atoms with E-state index in [-0.39, 0.29) is 22.6 Å². The first-order valence-corrected chi connectivity index (χ1v) is 10.2. The zero-order valence-corrected chi connectivity index (χ0v) is 18.1. The van der Waals surface area contributed by atoms with E-state index in [1.54, 1.807) is 26.1 Å². The van der Waals surface area contributed by atoms with Gasteiger partial charge in [0.15, 0.2) is 0 Å². The van der Waals surface area contributed by atoms with Crippen molar-refractivity contribution in [3.05, 3.63) is 64.9 Å². The summed E-state index contributed by atoms with van der Waals surface area (Å²) in [6.07, 6.45) is 1.40. The second-order valence-electron chi connectivity index (χ2n) is 7.17. The normalized spacial score (nSPS) is 14.4. The van der Waals surface area contributed by atoms with E-state index in [4.69, 9.17) is 0 Å². The Bertz CT molecular complexity index is 1090. The topological polar surface area (TPSA) is 35.9 Å². The molecule has 0 saturated heterocycles. The van der Waals surface area contributed by atoms with Crippen LogP contribution >= 0.6 is 0 Å². The van der Waals surface area contributed by atoms with Gasteiger partial charge in [0, 0.05) is 37.0 Å². The van der Waals surface area contributed by atoms with Gasteiger partial charge in [-0.3, -0.25) is 18.3 Å². The summed E-state index contributed by atoms with van der Waals surface area (Å²) >= 11 is 0. The van der Waals surface area contributed by atoms with Crippen LogP contribution in [0, 0.1) is 11.8 Å². The van der Waals surface area contributed by atoms with Crippen molar-refractivity contribution in [1.82, 2.24) is 4.90 Å². The lowest BCUT2D eigenvalue weighted by Gasteiger charge is -2.20. The van der Waals surface area contributed by atoms with E-state index in [1.807, 2.05) is 24.3 Å². The molecule has 2 aromatic carbocycles. The van der Waals surface area contributed by atoms with Gasteiger partial charge in [-0.1, -0.05) is 17.9 Å². The van der Waals surface area contributed by atoms with Crippen LogP contribution in [0.3, 0.4) is 0 Å². The maximum Gasteiger partial charge on any atom is 0.572 e. The first kappa shape index (κ1) is 22.3. The molecule has 2 aromatic rings. The minimum Gasteiger partial charge on any atom is -0.372 e. The fourth-order valence-corrected chi connectivity index (χ4v) is 3.32. The van der Waals surface area contributed by atoms with Crippen LogP contribution in [-0.4, -0.2) is 44.0 Å². The van der Waals surface area contributed by atoms with E-state index in [9.17, 15) is 13.4 Å². The van der Waals surface area contributed by atoms with Gasteiger partial charge in [-0.05, 0) is 74.3 Å². The van der Waals surface area contributed by atoms with Crippen molar-refractivity contribution >= 4 is 36.2 Å². The van der Waals surface area contributed by atoms with Gasteiger partial charge in [-0.2, -0.15) is 0 Å². The van der Waals surface area contributed by atoms with Crippen LogP contribution in [0.5, 0.6) is 0 Å². The van der Waals surface area contributed by atoms with E-state index in [2.05, 4.69) is 35.6 Å². The van der Waals surface area contributed by atoms with Gasteiger partial charge in [0.1, 0.15) is 11.5 Å². The summed E-state index contributed by atoms with van der Waals surface area (Å²) in [6.45, 7) is 7.75. The number of hydrogen-bond donors (Lipinski definition) is 0. The average molecular weight is 419 g/mol. The van der Waals surface area contributed by atoms with E-state index in [0.717, 1.165) is 24.3 Å². The number of benzene rings is 2. The number of halogens is 2. The van der Waals surface area contributed by atoms with Gasteiger partial charge in [0.25, 0.3) is 5.91 Å². The van der Waals surface area contributed by atoms with Crippen molar-refractivity contribution in [3.8, 4) is 11.8 Å². The Hall–Kier alpha value is -3.40. The lowest BCUT2D eigenvalue weighted by molar-refractivity contribution is -0.121. The maximum atomic E-state index is 13.7. The molecule has 0 saturated carbocycles. The number of likely N-dealkylation sites (N-methyl/N-ethyl adjacent to an activating group) is 1. The summed E-state index contributed by atoms with van der Waals surface area (Å²) in [5.74, 6) is 6.21. The molecule has 0 bridgehead atoms. The van der Waals surface area contributed by atoms with Gasteiger partial charge in [-0.15, -0.1) is 0 Å². The molecule has 0 unspecified atom stereocenters.